The lowest BCUT2D eigenvalue weighted by Crippen LogP contribution is -2.21. The lowest BCUT2D eigenvalue weighted by molar-refractivity contribution is 0.348. The molecule has 0 amide bonds. The first-order valence-electron chi connectivity index (χ1n) is 6.89. The van der Waals surface area contributed by atoms with Crippen molar-refractivity contribution >= 4 is 0 Å². The molecule has 0 bridgehead atoms. The first-order valence-corrected chi connectivity index (χ1v) is 6.89. The molecule has 1 aliphatic rings. The second-order valence-electron chi connectivity index (χ2n) is 5.09. The van der Waals surface area contributed by atoms with Gasteiger partial charge in [-0.2, -0.15) is 0 Å². The summed E-state index contributed by atoms with van der Waals surface area (Å²) in [5.41, 5.74) is 2.48. The summed E-state index contributed by atoms with van der Waals surface area (Å²) in [4.78, 5) is 0. The average molecular weight is 245 g/mol. The molecule has 0 aromatic heterocycles. The van der Waals surface area contributed by atoms with Gasteiger partial charge >= 0.3 is 0 Å². The average Bonchev–Trinajstić information content (AvgIpc) is 3.20. The highest BCUT2D eigenvalue weighted by Gasteiger charge is 2.19. The first kappa shape index (κ1) is 13.2. The van der Waals surface area contributed by atoms with Gasteiger partial charge < -0.3 is 10.1 Å². The molecule has 0 spiro atoms. The van der Waals surface area contributed by atoms with Gasteiger partial charge in [-0.3, -0.25) is 0 Å². The number of aryl methyl sites for hydroxylation is 1. The largest absolute Gasteiger partial charge is 0.489 e. The van der Waals surface area contributed by atoms with Gasteiger partial charge in [0, 0.05) is 12.6 Å². The van der Waals surface area contributed by atoms with E-state index in [1.807, 2.05) is 12.1 Å². The second kappa shape index (κ2) is 6.60. The smallest absolute Gasteiger partial charge is 0.119 e. The molecular formula is C16H23NO. The van der Waals surface area contributed by atoms with Crippen molar-refractivity contribution < 1.29 is 4.74 Å². The van der Waals surface area contributed by atoms with Gasteiger partial charge in [0.05, 0.1) is 0 Å². The maximum atomic E-state index is 5.71. The van der Waals surface area contributed by atoms with E-state index in [0.717, 1.165) is 30.3 Å². The number of nitrogens with one attached hydrogen (secondary N) is 1. The molecule has 0 atom stereocenters. The van der Waals surface area contributed by atoms with E-state index in [9.17, 15) is 0 Å². The summed E-state index contributed by atoms with van der Waals surface area (Å²) in [5.74, 6) is 0.933. The van der Waals surface area contributed by atoms with E-state index >= 15 is 0 Å². The fourth-order valence-corrected chi connectivity index (χ4v) is 1.85. The van der Waals surface area contributed by atoms with Crippen LogP contribution in [0.2, 0.25) is 0 Å². The third-order valence-electron chi connectivity index (χ3n) is 3.12. The van der Waals surface area contributed by atoms with Crippen molar-refractivity contribution in [3.63, 3.8) is 0 Å². The van der Waals surface area contributed by atoms with E-state index in [0.29, 0.717) is 6.61 Å². The molecule has 1 saturated carbocycles. The Morgan fingerprint density at radius 2 is 2.06 bits per heavy atom. The highest BCUT2D eigenvalue weighted by Crippen LogP contribution is 2.19. The van der Waals surface area contributed by atoms with E-state index in [-0.39, 0.29) is 0 Å². The van der Waals surface area contributed by atoms with Crippen LogP contribution in [0.3, 0.4) is 0 Å². The second-order valence-corrected chi connectivity index (χ2v) is 5.09. The van der Waals surface area contributed by atoms with E-state index < -0.39 is 0 Å². The number of ether oxygens (including phenoxy) is 1. The van der Waals surface area contributed by atoms with Crippen LogP contribution in [0.1, 0.15) is 31.7 Å². The standard InChI is InChI=1S/C16H23NO/c1-3-4-14-5-9-16(10-6-14)18-12-13(2)11-17-15-7-8-15/h5-6,9-10,15,17H,2-4,7-8,11-12H2,1H3. The summed E-state index contributed by atoms with van der Waals surface area (Å²) < 4.78 is 5.71. The van der Waals surface area contributed by atoms with Gasteiger partial charge in [0.15, 0.2) is 0 Å². The molecule has 0 saturated heterocycles. The van der Waals surface area contributed by atoms with Crippen LogP contribution in [0, 0.1) is 0 Å². The van der Waals surface area contributed by atoms with Crippen molar-refractivity contribution in [2.24, 2.45) is 0 Å². The van der Waals surface area contributed by atoms with Crippen LogP contribution >= 0.6 is 0 Å². The minimum atomic E-state index is 0.604. The number of hydrogen-bond donors (Lipinski definition) is 1. The fourth-order valence-electron chi connectivity index (χ4n) is 1.85. The summed E-state index contributed by atoms with van der Waals surface area (Å²) in [5, 5.41) is 3.44. The Balaban J connectivity index is 1.69. The van der Waals surface area contributed by atoms with Gasteiger partial charge in [-0.25, -0.2) is 0 Å². The van der Waals surface area contributed by atoms with Crippen LogP contribution in [0.4, 0.5) is 0 Å². The van der Waals surface area contributed by atoms with E-state index in [1.165, 1.54) is 24.8 Å². The zero-order valence-electron chi connectivity index (χ0n) is 11.2. The molecule has 0 heterocycles. The Labute approximate surface area is 110 Å². The molecule has 1 aromatic carbocycles. The van der Waals surface area contributed by atoms with Crippen molar-refractivity contribution in [1.29, 1.82) is 0 Å². The van der Waals surface area contributed by atoms with Crippen molar-refractivity contribution in [2.75, 3.05) is 13.2 Å². The van der Waals surface area contributed by atoms with Crippen LogP contribution in [0.5, 0.6) is 5.75 Å². The molecule has 18 heavy (non-hydrogen) atoms. The normalized spacial score (nSPS) is 14.5. The molecule has 0 radical (unpaired) electrons. The van der Waals surface area contributed by atoms with Crippen molar-refractivity contribution in [3.8, 4) is 5.75 Å². The molecule has 1 aromatic rings. The molecule has 0 unspecified atom stereocenters. The maximum Gasteiger partial charge on any atom is 0.119 e. The van der Waals surface area contributed by atoms with Crippen LogP contribution in [-0.4, -0.2) is 19.2 Å². The highest BCUT2D eigenvalue weighted by atomic mass is 16.5. The lowest BCUT2D eigenvalue weighted by atomic mass is 10.1. The summed E-state index contributed by atoms with van der Waals surface area (Å²) in [7, 11) is 0. The summed E-state index contributed by atoms with van der Waals surface area (Å²) in [6.45, 7) is 7.70. The van der Waals surface area contributed by atoms with Crippen molar-refractivity contribution in [3.05, 3.63) is 42.0 Å². The predicted molar refractivity (Wildman–Crippen MR) is 76.1 cm³/mol. The monoisotopic (exact) mass is 245 g/mol. The molecule has 98 valence electrons. The minimum Gasteiger partial charge on any atom is -0.489 e. The topological polar surface area (TPSA) is 21.3 Å². The first-order chi connectivity index (χ1) is 8.78. The van der Waals surface area contributed by atoms with E-state index in [1.54, 1.807) is 0 Å². The van der Waals surface area contributed by atoms with E-state index in [2.05, 4.69) is 31.0 Å². The third-order valence-corrected chi connectivity index (χ3v) is 3.12. The van der Waals surface area contributed by atoms with Gasteiger partial charge in [-0.15, -0.1) is 0 Å². The van der Waals surface area contributed by atoms with Gasteiger partial charge in [0.2, 0.25) is 0 Å². The van der Waals surface area contributed by atoms with Crippen LogP contribution in [0.25, 0.3) is 0 Å². The fraction of sp³-hybridized carbons (Fsp3) is 0.500. The molecule has 1 aliphatic carbocycles. The molecule has 1 fully saturated rings. The molecule has 2 rings (SSSR count). The summed E-state index contributed by atoms with van der Waals surface area (Å²) in [6.07, 6.45) is 4.95. The molecule has 2 nitrogen and oxygen atoms in total. The lowest BCUT2D eigenvalue weighted by Gasteiger charge is -2.10. The van der Waals surface area contributed by atoms with Crippen molar-refractivity contribution in [1.82, 2.24) is 5.32 Å². The Hall–Kier alpha value is -1.28. The predicted octanol–water partition coefficient (Wildman–Crippen LogP) is 3.33. The molecule has 1 N–H and O–H groups in total. The van der Waals surface area contributed by atoms with Crippen molar-refractivity contribution in [2.45, 2.75) is 38.6 Å². The summed E-state index contributed by atoms with van der Waals surface area (Å²) in [6, 6.07) is 9.11. The van der Waals surface area contributed by atoms with Crippen LogP contribution in [0.15, 0.2) is 36.4 Å². The minimum absolute atomic E-state index is 0.604. The van der Waals surface area contributed by atoms with E-state index in [4.69, 9.17) is 4.74 Å². The van der Waals surface area contributed by atoms with Crippen LogP contribution < -0.4 is 10.1 Å². The molecule has 0 aliphatic heterocycles. The van der Waals surface area contributed by atoms with Gasteiger partial charge in [0.25, 0.3) is 0 Å². The highest BCUT2D eigenvalue weighted by molar-refractivity contribution is 5.27. The van der Waals surface area contributed by atoms with Gasteiger partial charge in [0.1, 0.15) is 12.4 Å². The Kier molecular flexibility index (Phi) is 4.82. The zero-order valence-corrected chi connectivity index (χ0v) is 11.2. The van der Waals surface area contributed by atoms with Crippen LogP contribution in [-0.2, 0) is 6.42 Å². The number of hydrogen-bond acceptors (Lipinski definition) is 2. The quantitative estimate of drug-likeness (QED) is 0.709. The van der Waals surface area contributed by atoms with Gasteiger partial charge in [-0.1, -0.05) is 32.1 Å². The Morgan fingerprint density at radius 3 is 2.67 bits per heavy atom. The SMILES string of the molecule is C=C(CNC1CC1)COc1ccc(CCC)cc1. The molecule has 2 heteroatoms. The Bertz CT molecular complexity index is 379. The zero-order chi connectivity index (χ0) is 12.8. The number of benzene rings is 1. The number of rotatable bonds is 8. The summed E-state index contributed by atoms with van der Waals surface area (Å²) >= 11 is 0. The Morgan fingerprint density at radius 1 is 1.33 bits per heavy atom. The van der Waals surface area contributed by atoms with Gasteiger partial charge in [-0.05, 0) is 42.5 Å². The maximum absolute atomic E-state index is 5.71. The molecular weight excluding hydrogens is 222 g/mol. The third kappa shape index (κ3) is 4.53.